The molecule has 0 amide bonds. The maximum Gasteiger partial charge on any atom is 0.266 e. The van der Waals surface area contributed by atoms with E-state index in [0.717, 1.165) is 3.70 Å². The number of H-pyrrole nitrogens is 1. The number of hydrogen-bond acceptors (Lipinski definition) is 4. The van der Waals surface area contributed by atoms with Crippen LogP contribution in [-0.4, -0.2) is 39.2 Å². The molecule has 90 valence electrons. The van der Waals surface area contributed by atoms with Gasteiger partial charge in [0.2, 0.25) is 0 Å². The molecule has 0 spiro atoms. The van der Waals surface area contributed by atoms with Crippen LogP contribution >= 0.6 is 22.6 Å². The fourth-order valence-electron chi connectivity index (χ4n) is 1.96. The largest absolute Gasteiger partial charge is 0.350 e. The first-order chi connectivity index (χ1) is 8.07. The van der Waals surface area contributed by atoms with Gasteiger partial charge in [-0.25, -0.2) is 18.7 Å². The second-order valence-corrected chi connectivity index (χ2v) is 5.04. The molecule has 2 aromatic heterocycles. The fourth-order valence-corrected chi connectivity index (χ4v) is 2.57. The number of alkyl halides is 2. The topological polar surface area (TPSA) is 57.7 Å². The molecule has 0 radical (unpaired) electrons. The predicted octanol–water partition coefficient (Wildman–Crippen LogP) is 1.80. The van der Waals surface area contributed by atoms with E-state index in [1.165, 1.54) is 6.33 Å². The molecular weight excluding hydrogens is 343 g/mol. The van der Waals surface area contributed by atoms with Gasteiger partial charge >= 0.3 is 0 Å². The van der Waals surface area contributed by atoms with Crippen molar-refractivity contribution >= 4 is 39.4 Å². The van der Waals surface area contributed by atoms with Crippen molar-refractivity contribution in [3.63, 3.8) is 0 Å². The molecule has 0 aliphatic carbocycles. The maximum atomic E-state index is 13.2. The summed E-state index contributed by atoms with van der Waals surface area (Å²) in [7, 11) is 0. The highest BCUT2D eigenvalue weighted by Crippen LogP contribution is 2.33. The summed E-state index contributed by atoms with van der Waals surface area (Å²) in [6.07, 6.45) is 1.22. The fraction of sp³-hybridized carbons (Fsp3) is 0.444. The molecule has 8 heteroatoms. The van der Waals surface area contributed by atoms with Crippen LogP contribution in [0, 0.1) is 3.70 Å². The lowest BCUT2D eigenvalue weighted by molar-refractivity contribution is 0.0257. The summed E-state index contributed by atoms with van der Waals surface area (Å²) >= 11 is 2.06. The first-order valence-electron chi connectivity index (χ1n) is 5.04. The van der Waals surface area contributed by atoms with Crippen LogP contribution in [0.4, 0.5) is 14.6 Å². The number of nitrogens with zero attached hydrogens (tertiary/aromatic N) is 4. The van der Waals surface area contributed by atoms with Crippen molar-refractivity contribution in [2.24, 2.45) is 0 Å². The smallest absolute Gasteiger partial charge is 0.266 e. The Kier molecular flexibility index (Phi) is 2.42. The molecule has 0 unspecified atom stereocenters. The van der Waals surface area contributed by atoms with Crippen molar-refractivity contribution < 1.29 is 8.78 Å². The Bertz CT molecular complexity index is 570. The second kappa shape index (κ2) is 3.72. The Labute approximate surface area is 109 Å². The molecule has 1 saturated heterocycles. The highest BCUT2D eigenvalue weighted by atomic mass is 127. The molecule has 1 N–H and O–H groups in total. The van der Waals surface area contributed by atoms with Crippen molar-refractivity contribution in [2.45, 2.75) is 12.3 Å². The lowest BCUT2D eigenvalue weighted by Gasteiger charge is -2.17. The van der Waals surface area contributed by atoms with Gasteiger partial charge in [-0.15, -0.1) is 0 Å². The second-order valence-electron chi connectivity index (χ2n) is 3.96. The molecule has 1 fully saturated rings. The van der Waals surface area contributed by atoms with Gasteiger partial charge in [0.1, 0.15) is 15.8 Å². The predicted molar refractivity (Wildman–Crippen MR) is 66.2 cm³/mol. The standard InChI is InChI=1S/C9H8F2IN5/c10-9(11)1-2-17(3-9)8-5-6(12)15-16-7(5)13-4-14-8/h4H,1-3H2,(H,13,14,15,16). The molecule has 17 heavy (non-hydrogen) atoms. The van der Waals surface area contributed by atoms with Gasteiger partial charge in [-0.2, -0.15) is 5.10 Å². The van der Waals surface area contributed by atoms with Gasteiger partial charge in [-0.1, -0.05) is 0 Å². The van der Waals surface area contributed by atoms with Gasteiger partial charge in [0.15, 0.2) is 5.65 Å². The van der Waals surface area contributed by atoms with Crippen molar-refractivity contribution in [3.8, 4) is 0 Å². The molecule has 2 aromatic rings. The summed E-state index contributed by atoms with van der Waals surface area (Å²) in [6, 6.07) is 0. The van der Waals surface area contributed by atoms with Crippen LogP contribution < -0.4 is 4.90 Å². The third-order valence-electron chi connectivity index (χ3n) is 2.76. The summed E-state index contributed by atoms with van der Waals surface area (Å²) in [4.78, 5) is 9.69. The quantitative estimate of drug-likeness (QED) is 0.797. The minimum atomic E-state index is -2.63. The van der Waals surface area contributed by atoms with Gasteiger partial charge in [0.05, 0.1) is 11.9 Å². The molecule has 3 heterocycles. The van der Waals surface area contributed by atoms with Gasteiger partial charge in [-0.3, -0.25) is 5.10 Å². The Morgan fingerprint density at radius 1 is 1.41 bits per heavy atom. The van der Waals surface area contributed by atoms with E-state index < -0.39 is 5.92 Å². The number of rotatable bonds is 1. The zero-order valence-electron chi connectivity index (χ0n) is 8.62. The lowest BCUT2D eigenvalue weighted by atomic mass is 10.3. The third-order valence-corrected chi connectivity index (χ3v) is 3.54. The SMILES string of the molecule is FC1(F)CCN(c2ncnc3n[nH]c(I)c23)C1. The molecular formula is C9H8F2IN5. The molecule has 0 atom stereocenters. The lowest BCUT2D eigenvalue weighted by Crippen LogP contribution is -2.25. The van der Waals surface area contributed by atoms with E-state index in [9.17, 15) is 8.78 Å². The monoisotopic (exact) mass is 351 g/mol. The molecule has 0 aromatic carbocycles. The number of nitrogens with one attached hydrogen (secondary N) is 1. The third kappa shape index (κ3) is 1.83. The summed E-state index contributed by atoms with van der Waals surface area (Å²) in [5.74, 6) is -2.10. The maximum absolute atomic E-state index is 13.2. The van der Waals surface area contributed by atoms with Crippen molar-refractivity contribution in [2.75, 3.05) is 18.0 Å². The van der Waals surface area contributed by atoms with Crippen LogP contribution in [0.1, 0.15) is 6.42 Å². The first-order valence-corrected chi connectivity index (χ1v) is 6.12. The normalized spacial score (nSPS) is 19.1. The molecule has 0 bridgehead atoms. The minimum absolute atomic E-state index is 0.132. The van der Waals surface area contributed by atoms with E-state index in [4.69, 9.17) is 0 Å². The van der Waals surface area contributed by atoms with Crippen molar-refractivity contribution in [3.05, 3.63) is 10.0 Å². The number of aromatic nitrogens is 4. The summed E-state index contributed by atoms with van der Waals surface area (Å²) < 4.78 is 27.2. The molecule has 5 nitrogen and oxygen atoms in total. The van der Waals surface area contributed by atoms with Crippen LogP contribution in [0.25, 0.3) is 11.0 Å². The van der Waals surface area contributed by atoms with Gasteiger partial charge in [0, 0.05) is 13.0 Å². The average Bonchev–Trinajstić information content (AvgIpc) is 2.83. The van der Waals surface area contributed by atoms with Crippen molar-refractivity contribution in [1.82, 2.24) is 20.2 Å². The minimum Gasteiger partial charge on any atom is -0.350 e. The van der Waals surface area contributed by atoms with E-state index in [0.29, 0.717) is 23.4 Å². The molecule has 0 saturated carbocycles. The van der Waals surface area contributed by atoms with E-state index in [-0.39, 0.29) is 13.0 Å². The Hall–Kier alpha value is -1.06. The van der Waals surface area contributed by atoms with Gasteiger partial charge in [-0.05, 0) is 22.6 Å². The molecule has 1 aliphatic heterocycles. The Morgan fingerprint density at radius 3 is 2.94 bits per heavy atom. The highest BCUT2D eigenvalue weighted by Gasteiger charge is 2.39. The number of halogens is 3. The highest BCUT2D eigenvalue weighted by molar-refractivity contribution is 14.1. The number of anilines is 1. The van der Waals surface area contributed by atoms with Crippen LogP contribution in [0.3, 0.4) is 0 Å². The molecule has 1 aliphatic rings. The van der Waals surface area contributed by atoms with E-state index in [1.54, 1.807) is 4.90 Å². The Morgan fingerprint density at radius 2 is 2.24 bits per heavy atom. The molecule has 3 rings (SSSR count). The average molecular weight is 351 g/mol. The van der Waals surface area contributed by atoms with Crippen LogP contribution in [0.2, 0.25) is 0 Å². The zero-order valence-corrected chi connectivity index (χ0v) is 10.8. The summed E-state index contributed by atoms with van der Waals surface area (Å²) in [5, 5.41) is 7.48. The van der Waals surface area contributed by atoms with Gasteiger partial charge < -0.3 is 4.90 Å². The summed E-state index contributed by atoms with van der Waals surface area (Å²) in [5.41, 5.74) is 0.509. The summed E-state index contributed by atoms with van der Waals surface area (Å²) in [6.45, 7) is 0.0146. The van der Waals surface area contributed by atoms with Crippen LogP contribution in [0.5, 0.6) is 0 Å². The number of fused-ring (bicyclic) bond motifs is 1. The van der Waals surface area contributed by atoms with E-state index in [1.807, 2.05) is 0 Å². The number of aromatic amines is 1. The van der Waals surface area contributed by atoms with E-state index in [2.05, 4.69) is 42.8 Å². The Balaban J connectivity index is 2.09. The van der Waals surface area contributed by atoms with E-state index >= 15 is 0 Å². The van der Waals surface area contributed by atoms with Crippen LogP contribution in [0.15, 0.2) is 6.33 Å². The van der Waals surface area contributed by atoms with Crippen molar-refractivity contribution in [1.29, 1.82) is 0 Å². The zero-order chi connectivity index (χ0) is 12.0. The van der Waals surface area contributed by atoms with Crippen LogP contribution in [-0.2, 0) is 0 Å². The van der Waals surface area contributed by atoms with Gasteiger partial charge in [0.25, 0.3) is 5.92 Å². The first kappa shape index (κ1) is 11.1. The number of hydrogen-bond donors (Lipinski definition) is 1.